The summed E-state index contributed by atoms with van der Waals surface area (Å²) >= 11 is 0.760. The number of hydrogen-bond donors (Lipinski definition) is 3. The highest BCUT2D eigenvalue weighted by Gasteiger charge is 2.41. The molecule has 1 aliphatic heterocycles. The van der Waals surface area contributed by atoms with Gasteiger partial charge in [0, 0.05) is 18.2 Å². The van der Waals surface area contributed by atoms with Crippen LogP contribution in [0.15, 0.2) is 48.5 Å². The quantitative estimate of drug-likeness (QED) is 0.681. The fraction of sp³-hybridized carbons (Fsp3) is 0.158. The Kier molecular flexibility index (Phi) is 5.65. The third-order valence-electron chi connectivity index (χ3n) is 3.97. The lowest BCUT2D eigenvalue weighted by molar-refractivity contribution is -0.136. The highest BCUT2D eigenvalue weighted by molar-refractivity contribution is 8.15. The summed E-state index contributed by atoms with van der Waals surface area (Å²) in [6, 6.07) is 12.1. The van der Waals surface area contributed by atoms with E-state index >= 15 is 0 Å². The summed E-state index contributed by atoms with van der Waals surface area (Å²) in [5.41, 5.74) is 1.31. The van der Waals surface area contributed by atoms with Crippen LogP contribution in [0, 0.1) is 0 Å². The minimum absolute atomic E-state index is 0.0735. The number of rotatable bonds is 6. The van der Waals surface area contributed by atoms with Gasteiger partial charge >= 0.3 is 5.97 Å². The molecular formula is C19H16N2O6S. The Bertz CT molecular complexity index is 944. The van der Waals surface area contributed by atoms with E-state index in [4.69, 9.17) is 5.11 Å². The number of carbonyl (C=O) groups excluding carboxylic acids is 3. The lowest BCUT2D eigenvalue weighted by atomic mass is 10.1. The van der Waals surface area contributed by atoms with E-state index in [1.165, 1.54) is 24.3 Å². The number of nitrogens with zero attached hydrogens (tertiary/aromatic N) is 1. The molecule has 1 saturated heterocycles. The minimum Gasteiger partial charge on any atom is -0.508 e. The van der Waals surface area contributed by atoms with Crippen LogP contribution in [-0.4, -0.2) is 38.5 Å². The van der Waals surface area contributed by atoms with Gasteiger partial charge in [-0.15, -0.1) is 0 Å². The van der Waals surface area contributed by atoms with Crippen LogP contribution in [-0.2, 0) is 20.8 Å². The van der Waals surface area contributed by atoms with E-state index in [0.29, 0.717) is 11.3 Å². The first kappa shape index (κ1) is 19.4. The van der Waals surface area contributed by atoms with Gasteiger partial charge in [0.2, 0.25) is 11.8 Å². The molecule has 0 bridgehead atoms. The highest BCUT2D eigenvalue weighted by Crippen LogP contribution is 2.34. The second-order valence-electron chi connectivity index (χ2n) is 6.09. The van der Waals surface area contributed by atoms with Crippen molar-refractivity contribution >= 4 is 46.2 Å². The summed E-state index contributed by atoms with van der Waals surface area (Å²) in [4.78, 5) is 48.6. The Morgan fingerprint density at radius 2 is 1.82 bits per heavy atom. The molecule has 0 aliphatic carbocycles. The van der Waals surface area contributed by atoms with Gasteiger partial charge in [-0.05, 0) is 41.6 Å². The van der Waals surface area contributed by atoms with E-state index in [2.05, 4.69) is 5.32 Å². The van der Waals surface area contributed by atoms with Gasteiger partial charge in [0.05, 0.1) is 12.1 Å². The van der Waals surface area contributed by atoms with Crippen LogP contribution in [0.2, 0.25) is 0 Å². The van der Waals surface area contributed by atoms with Crippen LogP contribution in [0.5, 0.6) is 5.75 Å². The summed E-state index contributed by atoms with van der Waals surface area (Å²) in [5, 5.41) is 19.6. The van der Waals surface area contributed by atoms with Crippen molar-refractivity contribution < 1.29 is 29.4 Å². The zero-order chi connectivity index (χ0) is 20.3. The van der Waals surface area contributed by atoms with Crippen molar-refractivity contribution in [2.24, 2.45) is 0 Å². The lowest BCUT2D eigenvalue weighted by Gasteiger charge is -2.14. The normalized spacial score (nSPS) is 16.3. The molecule has 1 unspecified atom stereocenters. The number of benzene rings is 2. The first-order valence-electron chi connectivity index (χ1n) is 8.27. The van der Waals surface area contributed by atoms with E-state index in [9.17, 15) is 24.3 Å². The summed E-state index contributed by atoms with van der Waals surface area (Å²) < 4.78 is 0. The van der Waals surface area contributed by atoms with E-state index in [0.717, 1.165) is 16.7 Å². The largest absolute Gasteiger partial charge is 0.508 e. The molecule has 1 atom stereocenters. The molecule has 0 saturated carbocycles. The first-order chi connectivity index (χ1) is 13.3. The summed E-state index contributed by atoms with van der Waals surface area (Å²) in [6.07, 6.45) is -0.310. The van der Waals surface area contributed by atoms with Crippen LogP contribution in [0.3, 0.4) is 0 Å². The third-order valence-corrected chi connectivity index (χ3v) is 5.01. The van der Waals surface area contributed by atoms with E-state index in [-0.39, 0.29) is 24.3 Å². The number of amides is 3. The van der Waals surface area contributed by atoms with Gasteiger partial charge in [-0.3, -0.25) is 19.2 Å². The van der Waals surface area contributed by atoms with Crippen LogP contribution in [0.1, 0.15) is 12.0 Å². The number of anilines is 2. The van der Waals surface area contributed by atoms with Crippen LogP contribution in [0.4, 0.5) is 16.2 Å². The van der Waals surface area contributed by atoms with Crippen molar-refractivity contribution in [3.63, 3.8) is 0 Å². The minimum atomic E-state index is -0.950. The molecule has 144 valence electrons. The van der Waals surface area contributed by atoms with Gasteiger partial charge < -0.3 is 15.5 Å². The number of hydrogen-bond acceptors (Lipinski definition) is 6. The van der Waals surface area contributed by atoms with Gasteiger partial charge in [-0.25, -0.2) is 4.90 Å². The molecule has 3 rings (SSSR count). The maximum Gasteiger partial charge on any atom is 0.307 e. The Balaban J connectivity index is 1.62. The first-order valence-corrected chi connectivity index (χ1v) is 9.15. The number of aliphatic carboxylic acids is 1. The maximum atomic E-state index is 12.5. The summed E-state index contributed by atoms with van der Waals surface area (Å²) in [7, 11) is 0. The predicted molar refractivity (Wildman–Crippen MR) is 103 cm³/mol. The van der Waals surface area contributed by atoms with Crippen LogP contribution < -0.4 is 10.2 Å². The second-order valence-corrected chi connectivity index (χ2v) is 7.24. The SMILES string of the molecule is O=C(O)Cc1ccc(NC(=O)CC2SC(=O)N(c3cccc(O)c3)C2=O)cc1. The molecule has 0 radical (unpaired) electrons. The van der Waals surface area contributed by atoms with Gasteiger partial charge in [-0.1, -0.05) is 18.2 Å². The molecule has 3 N–H and O–H groups in total. The summed E-state index contributed by atoms with van der Waals surface area (Å²) in [6.45, 7) is 0. The van der Waals surface area contributed by atoms with E-state index in [1.54, 1.807) is 24.3 Å². The average Bonchev–Trinajstić information content (AvgIpc) is 2.89. The topological polar surface area (TPSA) is 124 Å². The summed E-state index contributed by atoms with van der Waals surface area (Å²) in [5.74, 6) is -1.99. The molecule has 3 amide bonds. The number of carboxylic acid groups (broad SMARTS) is 1. The van der Waals surface area contributed by atoms with Gasteiger partial charge in [0.25, 0.3) is 5.24 Å². The highest BCUT2D eigenvalue weighted by atomic mass is 32.2. The van der Waals surface area contributed by atoms with Crippen LogP contribution in [0.25, 0.3) is 0 Å². The maximum absolute atomic E-state index is 12.5. The van der Waals surface area contributed by atoms with Crippen molar-refractivity contribution in [3.05, 3.63) is 54.1 Å². The molecule has 0 aromatic heterocycles. The van der Waals surface area contributed by atoms with Crippen molar-refractivity contribution in [1.29, 1.82) is 0 Å². The average molecular weight is 400 g/mol. The number of imide groups is 1. The van der Waals surface area contributed by atoms with E-state index < -0.39 is 28.3 Å². The number of carbonyl (C=O) groups is 4. The third kappa shape index (κ3) is 4.49. The van der Waals surface area contributed by atoms with Gasteiger partial charge in [0.15, 0.2) is 0 Å². The van der Waals surface area contributed by atoms with Crippen molar-refractivity contribution in [3.8, 4) is 5.75 Å². The van der Waals surface area contributed by atoms with Crippen molar-refractivity contribution in [2.45, 2.75) is 18.1 Å². The van der Waals surface area contributed by atoms with Crippen LogP contribution >= 0.6 is 11.8 Å². The molecule has 28 heavy (non-hydrogen) atoms. The molecule has 1 fully saturated rings. The Labute approximate surface area is 164 Å². The Morgan fingerprint density at radius 1 is 1.11 bits per heavy atom. The fourth-order valence-corrected chi connectivity index (χ4v) is 3.70. The zero-order valence-corrected chi connectivity index (χ0v) is 15.3. The molecular weight excluding hydrogens is 384 g/mol. The monoisotopic (exact) mass is 400 g/mol. The molecule has 2 aromatic rings. The van der Waals surface area contributed by atoms with Gasteiger partial charge in [-0.2, -0.15) is 0 Å². The molecule has 0 spiro atoms. The lowest BCUT2D eigenvalue weighted by Crippen LogP contribution is -2.32. The zero-order valence-electron chi connectivity index (χ0n) is 14.5. The second kappa shape index (κ2) is 8.13. The smallest absolute Gasteiger partial charge is 0.307 e. The number of carboxylic acids is 1. The number of thioether (sulfide) groups is 1. The molecule has 1 heterocycles. The molecule has 9 heteroatoms. The van der Waals surface area contributed by atoms with Crippen molar-refractivity contribution in [2.75, 3.05) is 10.2 Å². The fourth-order valence-electron chi connectivity index (χ4n) is 2.71. The Morgan fingerprint density at radius 3 is 2.46 bits per heavy atom. The van der Waals surface area contributed by atoms with E-state index in [1.807, 2.05) is 0 Å². The standard InChI is InChI=1S/C19H16N2O6S/c22-14-3-1-2-13(9-14)21-18(26)15(28-19(21)27)10-16(23)20-12-6-4-11(5-7-12)8-17(24)25/h1-7,9,15,22H,8,10H2,(H,20,23)(H,24,25). The number of aromatic hydroxyl groups is 1. The predicted octanol–water partition coefficient (Wildman–Crippen LogP) is 2.62. The number of phenolic OH excluding ortho intramolecular Hbond substituents is 1. The van der Waals surface area contributed by atoms with Gasteiger partial charge in [0.1, 0.15) is 11.0 Å². The molecule has 1 aliphatic rings. The number of nitrogens with one attached hydrogen (secondary N) is 1. The molecule has 8 nitrogen and oxygen atoms in total. The van der Waals surface area contributed by atoms with Crippen molar-refractivity contribution in [1.82, 2.24) is 0 Å². The molecule has 2 aromatic carbocycles. The Hall–Kier alpha value is -3.33. The number of phenols is 1.